The van der Waals surface area contributed by atoms with E-state index < -0.39 is 5.91 Å². The molecule has 8 nitrogen and oxygen atoms in total. The lowest BCUT2D eigenvalue weighted by Gasteiger charge is -2.04. The Balaban J connectivity index is 2.84. The summed E-state index contributed by atoms with van der Waals surface area (Å²) in [6.45, 7) is 1.66. The molecular formula is C8H9N7O. The van der Waals surface area contributed by atoms with Crippen LogP contribution >= 0.6 is 0 Å². The number of primary amides is 1. The Morgan fingerprint density at radius 2 is 1.75 bits per heavy atom. The van der Waals surface area contributed by atoms with Crippen molar-refractivity contribution in [3.63, 3.8) is 0 Å². The van der Waals surface area contributed by atoms with E-state index in [4.69, 9.17) is 17.2 Å². The summed E-state index contributed by atoms with van der Waals surface area (Å²) >= 11 is 0. The van der Waals surface area contributed by atoms with Gasteiger partial charge in [-0.05, 0) is 6.92 Å². The first-order valence-corrected chi connectivity index (χ1v) is 4.36. The molecule has 0 radical (unpaired) electrons. The number of carbonyl (C=O) groups excluding carboxylic acids is 1. The predicted octanol–water partition coefficient (Wildman–Crippen LogP) is -1.01. The summed E-state index contributed by atoms with van der Waals surface area (Å²) in [6.07, 6.45) is 0. The van der Waals surface area contributed by atoms with E-state index in [-0.39, 0.29) is 28.5 Å². The molecule has 0 aromatic carbocycles. The van der Waals surface area contributed by atoms with Crippen molar-refractivity contribution in [2.45, 2.75) is 6.92 Å². The van der Waals surface area contributed by atoms with Crippen molar-refractivity contribution >= 4 is 28.7 Å². The number of hydrogen-bond acceptors (Lipinski definition) is 7. The van der Waals surface area contributed by atoms with Crippen LogP contribution in [0, 0.1) is 6.92 Å². The first-order valence-electron chi connectivity index (χ1n) is 4.36. The van der Waals surface area contributed by atoms with Crippen LogP contribution < -0.4 is 17.2 Å². The van der Waals surface area contributed by atoms with Gasteiger partial charge in [0.2, 0.25) is 0 Å². The maximum Gasteiger partial charge on any atom is 0.271 e. The maximum absolute atomic E-state index is 11.0. The topological polar surface area (TPSA) is 147 Å². The summed E-state index contributed by atoms with van der Waals surface area (Å²) < 4.78 is 0. The standard InChI is InChI=1S/C8H9N7O/c1-2-12-6(10)4-8(13-2)15-5(9)3(14-4)7(11)16/h1H3,(H2,11,16)(H4,9,10,12,13,15). The van der Waals surface area contributed by atoms with E-state index in [9.17, 15) is 4.79 Å². The number of aromatic nitrogens is 4. The van der Waals surface area contributed by atoms with E-state index in [0.717, 1.165) is 0 Å². The van der Waals surface area contributed by atoms with Gasteiger partial charge < -0.3 is 17.2 Å². The Morgan fingerprint density at radius 1 is 1.06 bits per heavy atom. The quantitative estimate of drug-likeness (QED) is 0.556. The smallest absolute Gasteiger partial charge is 0.271 e. The Morgan fingerprint density at radius 3 is 2.38 bits per heavy atom. The van der Waals surface area contributed by atoms with Crippen molar-refractivity contribution in [3.8, 4) is 0 Å². The number of amides is 1. The number of fused-ring (bicyclic) bond motifs is 1. The molecule has 6 N–H and O–H groups in total. The molecule has 0 saturated heterocycles. The highest BCUT2D eigenvalue weighted by Gasteiger charge is 2.14. The molecule has 0 spiro atoms. The molecule has 0 atom stereocenters. The second-order valence-electron chi connectivity index (χ2n) is 3.15. The van der Waals surface area contributed by atoms with Gasteiger partial charge in [-0.2, -0.15) is 0 Å². The van der Waals surface area contributed by atoms with Gasteiger partial charge in [0.05, 0.1) is 0 Å². The van der Waals surface area contributed by atoms with Gasteiger partial charge in [0.1, 0.15) is 5.82 Å². The molecule has 2 aromatic rings. The van der Waals surface area contributed by atoms with E-state index in [1.54, 1.807) is 6.92 Å². The van der Waals surface area contributed by atoms with Crippen molar-refractivity contribution in [1.29, 1.82) is 0 Å². The summed E-state index contributed by atoms with van der Waals surface area (Å²) in [5.74, 6) is -0.257. The van der Waals surface area contributed by atoms with E-state index in [2.05, 4.69) is 19.9 Å². The number of anilines is 2. The maximum atomic E-state index is 11.0. The normalized spacial score (nSPS) is 10.6. The van der Waals surface area contributed by atoms with Crippen LogP contribution in [-0.2, 0) is 0 Å². The third kappa shape index (κ3) is 1.45. The Hall–Kier alpha value is -2.51. The Kier molecular flexibility index (Phi) is 2.04. The SMILES string of the molecule is Cc1nc(N)c2nc(C(N)=O)c(N)nc2n1. The third-order valence-corrected chi connectivity index (χ3v) is 1.93. The van der Waals surface area contributed by atoms with Crippen LogP contribution in [0.4, 0.5) is 11.6 Å². The zero-order valence-electron chi connectivity index (χ0n) is 8.43. The van der Waals surface area contributed by atoms with E-state index in [1.165, 1.54) is 0 Å². The number of carbonyl (C=O) groups is 1. The predicted molar refractivity (Wildman–Crippen MR) is 57.2 cm³/mol. The molecule has 0 unspecified atom stereocenters. The minimum absolute atomic E-state index is 0.0718. The molecule has 2 heterocycles. The van der Waals surface area contributed by atoms with Crippen LogP contribution in [0.3, 0.4) is 0 Å². The molecule has 0 fully saturated rings. The van der Waals surface area contributed by atoms with Crippen molar-refractivity contribution in [3.05, 3.63) is 11.5 Å². The lowest BCUT2D eigenvalue weighted by molar-refractivity contribution is 0.0996. The van der Waals surface area contributed by atoms with E-state index in [0.29, 0.717) is 5.82 Å². The third-order valence-electron chi connectivity index (χ3n) is 1.93. The van der Waals surface area contributed by atoms with E-state index in [1.807, 2.05) is 0 Å². The van der Waals surface area contributed by atoms with Crippen LogP contribution in [0.25, 0.3) is 11.2 Å². The molecule has 0 saturated carbocycles. The van der Waals surface area contributed by atoms with Crippen LogP contribution in [0.1, 0.15) is 16.3 Å². The molecule has 8 heteroatoms. The Labute approximate surface area is 89.9 Å². The fourth-order valence-corrected chi connectivity index (χ4v) is 1.28. The van der Waals surface area contributed by atoms with Crippen molar-refractivity contribution in [2.75, 3.05) is 11.5 Å². The highest BCUT2D eigenvalue weighted by atomic mass is 16.1. The number of nitrogens with two attached hydrogens (primary N) is 3. The molecular weight excluding hydrogens is 210 g/mol. The van der Waals surface area contributed by atoms with E-state index >= 15 is 0 Å². The number of nitrogen functional groups attached to an aromatic ring is 2. The number of nitrogens with zero attached hydrogens (tertiary/aromatic N) is 4. The molecule has 82 valence electrons. The van der Waals surface area contributed by atoms with Gasteiger partial charge in [-0.1, -0.05) is 0 Å². The monoisotopic (exact) mass is 219 g/mol. The van der Waals surface area contributed by atoms with Crippen molar-refractivity contribution in [2.24, 2.45) is 5.73 Å². The number of aryl methyl sites for hydroxylation is 1. The second kappa shape index (κ2) is 3.26. The van der Waals surface area contributed by atoms with Crippen LogP contribution in [0.2, 0.25) is 0 Å². The van der Waals surface area contributed by atoms with Gasteiger partial charge in [0, 0.05) is 0 Å². The van der Waals surface area contributed by atoms with Crippen LogP contribution in [0.5, 0.6) is 0 Å². The molecule has 0 aliphatic carbocycles. The van der Waals surface area contributed by atoms with Gasteiger partial charge in [-0.3, -0.25) is 4.79 Å². The zero-order valence-corrected chi connectivity index (χ0v) is 8.43. The molecule has 0 aliphatic heterocycles. The molecule has 16 heavy (non-hydrogen) atoms. The number of rotatable bonds is 1. The van der Waals surface area contributed by atoms with Crippen LogP contribution in [0.15, 0.2) is 0 Å². The fourth-order valence-electron chi connectivity index (χ4n) is 1.28. The van der Waals surface area contributed by atoms with Crippen molar-refractivity contribution < 1.29 is 4.79 Å². The molecule has 1 amide bonds. The zero-order chi connectivity index (χ0) is 11.9. The lowest BCUT2D eigenvalue weighted by atomic mass is 10.3. The lowest BCUT2D eigenvalue weighted by Crippen LogP contribution is -2.17. The first kappa shape index (κ1) is 10.0. The van der Waals surface area contributed by atoms with Crippen LogP contribution in [-0.4, -0.2) is 25.8 Å². The number of hydrogen-bond donors (Lipinski definition) is 3. The largest absolute Gasteiger partial charge is 0.382 e. The van der Waals surface area contributed by atoms with Gasteiger partial charge >= 0.3 is 0 Å². The molecule has 2 aromatic heterocycles. The Bertz CT molecular complexity index is 594. The van der Waals surface area contributed by atoms with Gasteiger partial charge in [0.15, 0.2) is 28.5 Å². The average Bonchev–Trinajstić information content (AvgIpc) is 2.15. The minimum Gasteiger partial charge on any atom is -0.382 e. The van der Waals surface area contributed by atoms with Gasteiger partial charge in [-0.15, -0.1) is 0 Å². The summed E-state index contributed by atoms with van der Waals surface area (Å²) in [6, 6.07) is 0. The highest BCUT2D eigenvalue weighted by molar-refractivity contribution is 5.97. The molecule has 0 aliphatic rings. The summed E-state index contributed by atoms with van der Waals surface area (Å²) in [7, 11) is 0. The summed E-state index contributed by atoms with van der Waals surface area (Å²) in [5, 5.41) is 0. The second-order valence-corrected chi connectivity index (χ2v) is 3.15. The van der Waals surface area contributed by atoms with Gasteiger partial charge in [0.25, 0.3) is 5.91 Å². The molecule has 0 bridgehead atoms. The highest BCUT2D eigenvalue weighted by Crippen LogP contribution is 2.16. The average molecular weight is 219 g/mol. The van der Waals surface area contributed by atoms with Gasteiger partial charge in [-0.25, -0.2) is 19.9 Å². The first-order chi connectivity index (χ1) is 7.49. The molecule has 2 rings (SSSR count). The fraction of sp³-hybridized carbons (Fsp3) is 0.125. The minimum atomic E-state index is -0.771. The summed E-state index contributed by atoms with van der Waals surface area (Å²) in [5.41, 5.74) is 16.6. The summed E-state index contributed by atoms with van der Waals surface area (Å²) in [4.78, 5) is 26.7. The van der Waals surface area contributed by atoms with Crippen molar-refractivity contribution in [1.82, 2.24) is 19.9 Å².